The van der Waals surface area contributed by atoms with E-state index >= 15 is 0 Å². The molecule has 3 aliphatic rings. The molecule has 0 radical (unpaired) electrons. The van der Waals surface area contributed by atoms with E-state index in [2.05, 4.69) is 15.9 Å². The number of sulfonamides is 1. The highest BCUT2D eigenvalue weighted by Crippen LogP contribution is 2.35. The number of likely N-dealkylation sites (tertiary alicyclic amines) is 1. The number of amides is 2. The molecule has 0 saturated carbocycles. The first-order valence-electron chi connectivity index (χ1n) is 9.47. The fourth-order valence-electron chi connectivity index (χ4n) is 4.14. The molecule has 1 aromatic carbocycles. The van der Waals surface area contributed by atoms with Gasteiger partial charge >= 0.3 is 0 Å². The van der Waals surface area contributed by atoms with Crippen LogP contribution in [0.15, 0.2) is 39.7 Å². The lowest BCUT2D eigenvalue weighted by molar-refractivity contribution is -0.142. The Morgan fingerprint density at radius 1 is 1.00 bits per heavy atom. The second-order valence-electron chi connectivity index (χ2n) is 7.50. The standard InChI is InChI=1S/C19H21BrClN3O4S/c20-13-5-6-17(16(21)11-13)29(27,28)23-9-7-22(8-10-23)12-24-18(25)14-3-1-2-4-15(14)19(24)26/h1-2,5-6,11,14-15H,3-4,7-10,12H2/t14-,15+. The fraction of sp³-hybridized carbons (Fsp3) is 0.474. The molecule has 0 N–H and O–H groups in total. The maximum atomic E-state index is 12.9. The maximum Gasteiger partial charge on any atom is 0.244 e. The predicted octanol–water partition coefficient (Wildman–Crippen LogP) is 2.32. The van der Waals surface area contributed by atoms with E-state index in [4.69, 9.17) is 11.6 Å². The van der Waals surface area contributed by atoms with E-state index in [0.717, 1.165) is 0 Å². The Morgan fingerprint density at radius 3 is 2.14 bits per heavy atom. The number of allylic oxidation sites excluding steroid dienone is 2. The van der Waals surface area contributed by atoms with Gasteiger partial charge in [-0.2, -0.15) is 4.31 Å². The zero-order valence-corrected chi connectivity index (χ0v) is 18.8. The van der Waals surface area contributed by atoms with Gasteiger partial charge in [0.1, 0.15) is 4.90 Å². The lowest BCUT2D eigenvalue weighted by atomic mass is 9.85. The maximum absolute atomic E-state index is 12.9. The predicted molar refractivity (Wildman–Crippen MR) is 112 cm³/mol. The third kappa shape index (κ3) is 3.90. The van der Waals surface area contributed by atoms with Crippen LogP contribution in [0.25, 0.3) is 0 Å². The van der Waals surface area contributed by atoms with Gasteiger partial charge in [0.15, 0.2) is 0 Å². The number of hydrogen-bond donors (Lipinski definition) is 0. The van der Waals surface area contributed by atoms with Crippen molar-refractivity contribution in [3.8, 4) is 0 Å². The van der Waals surface area contributed by atoms with Crippen molar-refractivity contribution in [2.24, 2.45) is 11.8 Å². The summed E-state index contributed by atoms with van der Waals surface area (Å²) >= 11 is 9.41. The van der Waals surface area contributed by atoms with E-state index in [1.54, 1.807) is 12.1 Å². The molecule has 0 bridgehead atoms. The Hall–Kier alpha value is -1.26. The zero-order chi connectivity index (χ0) is 20.8. The van der Waals surface area contributed by atoms with Crippen molar-refractivity contribution in [2.75, 3.05) is 32.8 Å². The highest BCUT2D eigenvalue weighted by molar-refractivity contribution is 9.10. The normalized spacial score (nSPS) is 26.2. The molecule has 1 aliphatic carbocycles. The molecule has 0 spiro atoms. The van der Waals surface area contributed by atoms with Crippen LogP contribution in [0.4, 0.5) is 0 Å². The molecular weight excluding hydrogens is 482 g/mol. The van der Waals surface area contributed by atoms with Crippen LogP contribution in [-0.4, -0.2) is 67.2 Å². The van der Waals surface area contributed by atoms with Crippen LogP contribution < -0.4 is 0 Å². The monoisotopic (exact) mass is 501 g/mol. The van der Waals surface area contributed by atoms with E-state index in [-0.39, 0.29) is 53.3 Å². The van der Waals surface area contributed by atoms with Gasteiger partial charge in [-0.3, -0.25) is 19.4 Å². The first-order chi connectivity index (χ1) is 13.8. The first kappa shape index (κ1) is 21.0. The summed E-state index contributed by atoms with van der Waals surface area (Å²) in [6, 6.07) is 4.70. The van der Waals surface area contributed by atoms with Crippen LogP contribution >= 0.6 is 27.5 Å². The molecule has 1 aromatic rings. The molecule has 2 atom stereocenters. The van der Waals surface area contributed by atoms with Crippen LogP contribution in [0, 0.1) is 11.8 Å². The minimum absolute atomic E-state index is 0.0808. The van der Waals surface area contributed by atoms with E-state index in [1.165, 1.54) is 15.3 Å². The summed E-state index contributed by atoms with van der Waals surface area (Å²) in [6.45, 7) is 1.66. The molecule has 0 aromatic heterocycles. The van der Waals surface area contributed by atoms with Crippen LogP contribution in [-0.2, 0) is 19.6 Å². The van der Waals surface area contributed by atoms with Gasteiger partial charge < -0.3 is 0 Å². The molecular formula is C19H21BrClN3O4S. The van der Waals surface area contributed by atoms with Crippen molar-refractivity contribution in [3.63, 3.8) is 0 Å². The largest absolute Gasteiger partial charge is 0.283 e. The smallest absolute Gasteiger partial charge is 0.244 e. The molecule has 2 aliphatic heterocycles. The van der Waals surface area contributed by atoms with Crippen molar-refractivity contribution >= 4 is 49.4 Å². The summed E-state index contributed by atoms with van der Waals surface area (Å²) in [5, 5.41) is 0.172. The zero-order valence-electron chi connectivity index (χ0n) is 15.6. The average molecular weight is 503 g/mol. The number of hydrogen-bond acceptors (Lipinski definition) is 5. The minimum Gasteiger partial charge on any atom is -0.283 e. The lowest BCUT2D eigenvalue weighted by Gasteiger charge is -2.35. The van der Waals surface area contributed by atoms with Gasteiger partial charge in [-0.25, -0.2) is 8.42 Å². The third-order valence-corrected chi connectivity index (χ3v) is 8.66. The summed E-state index contributed by atoms with van der Waals surface area (Å²) in [5.74, 6) is -0.704. The Morgan fingerprint density at radius 2 is 1.59 bits per heavy atom. The molecule has 156 valence electrons. The van der Waals surface area contributed by atoms with Gasteiger partial charge in [0, 0.05) is 30.7 Å². The van der Waals surface area contributed by atoms with E-state index in [1.807, 2.05) is 17.1 Å². The number of benzene rings is 1. The van der Waals surface area contributed by atoms with Gasteiger partial charge in [0.05, 0.1) is 23.5 Å². The average Bonchev–Trinajstić information content (AvgIpc) is 2.93. The Bertz CT molecular complexity index is 950. The molecule has 4 rings (SSSR count). The summed E-state index contributed by atoms with van der Waals surface area (Å²) in [7, 11) is -3.70. The van der Waals surface area contributed by atoms with Gasteiger partial charge in [0.25, 0.3) is 0 Å². The third-order valence-electron chi connectivity index (χ3n) is 5.78. The van der Waals surface area contributed by atoms with Crippen molar-refractivity contribution in [1.29, 1.82) is 0 Å². The molecule has 2 fully saturated rings. The molecule has 10 heteroatoms. The van der Waals surface area contributed by atoms with Gasteiger partial charge in [-0.05, 0) is 31.0 Å². The van der Waals surface area contributed by atoms with Crippen LogP contribution in [0.5, 0.6) is 0 Å². The Kier molecular flexibility index (Phi) is 5.87. The van der Waals surface area contributed by atoms with Crippen LogP contribution in [0.1, 0.15) is 12.8 Å². The number of fused-ring (bicyclic) bond motifs is 1. The van der Waals surface area contributed by atoms with Crippen LogP contribution in [0.3, 0.4) is 0 Å². The second kappa shape index (κ2) is 8.11. The molecule has 7 nitrogen and oxygen atoms in total. The first-order valence-corrected chi connectivity index (χ1v) is 12.1. The lowest BCUT2D eigenvalue weighted by Crippen LogP contribution is -2.52. The highest BCUT2D eigenvalue weighted by atomic mass is 79.9. The summed E-state index contributed by atoms with van der Waals surface area (Å²) in [6.07, 6.45) is 5.16. The van der Waals surface area contributed by atoms with E-state index < -0.39 is 10.0 Å². The van der Waals surface area contributed by atoms with Crippen LogP contribution in [0.2, 0.25) is 5.02 Å². The van der Waals surface area contributed by atoms with E-state index in [0.29, 0.717) is 30.4 Å². The Balaban J connectivity index is 1.40. The SMILES string of the molecule is O=C1[C@H]2CC=CC[C@H]2C(=O)N1CN1CCN(S(=O)(=O)c2ccc(Br)cc2Cl)CC1. The summed E-state index contributed by atoms with van der Waals surface area (Å²) in [5.41, 5.74) is 0. The molecule has 2 amide bonds. The number of rotatable bonds is 4. The number of imide groups is 1. The van der Waals surface area contributed by atoms with Gasteiger partial charge in [-0.1, -0.05) is 39.7 Å². The molecule has 0 unspecified atom stereocenters. The summed E-state index contributed by atoms with van der Waals surface area (Å²) in [4.78, 5) is 28.6. The molecule has 29 heavy (non-hydrogen) atoms. The number of carbonyl (C=O) groups excluding carboxylic acids is 2. The van der Waals surface area contributed by atoms with Crippen molar-refractivity contribution < 1.29 is 18.0 Å². The Labute approximate surface area is 183 Å². The quantitative estimate of drug-likeness (QED) is 0.466. The number of nitrogens with zero attached hydrogens (tertiary/aromatic N) is 3. The van der Waals surface area contributed by atoms with Gasteiger partial charge in [-0.15, -0.1) is 0 Å². The van der Waals surface area contributed by atoms with E-state index in [9.17, 15) is 18.0 Å². The van der Waals surface area contributed by atoms with Gasteiger partial charge in [0.2, 0.25) is 21.8 Å². The molecule has 2 saturated heterocycles. The minimum atomic E-state index is -3.70. The number of halogens is 2. The number of carbonyl (C=O) groups is 2. The molecule has 2 heterocycles. The fourth-order valence-corrected chi connectivity index (χ4v) is 6.58. The van der Waals surface area contributed by atoms with Crippen molar-refractivity contribution in [2.45, 2.75) is 17.7 Å². The topological polar surface area (TPSA) is 78.0 Å². The van der Waals surface area contributed by atoms with Crippen molar-refractivity contribution in [3.05, 3.63) is 39.8 Å². The summed E-state index contributed by atoms with van der Waals surface area (Å²) < 4.78 is 28.0. The second-order valence-corrected chi connectivity index (χ2v) is 10.7. The van der Waals surface area contributed by atoms with Crippen molar-refractivity contribution in [1.82, 2.24) is 14.1 Å². The number of piperazine rings is 1. The highest BCUT2D eigenvalue weighted by Gasteiger charge is 2.47.